The lowest BCUT2D eigenvalue weighted by atomic mass is 10.1. The first kappa shape index (κ1) is 20.5. The van der Waals surface area contributed by atoms with Crippen molar-refractivity contribution in [3.05, 3.63) is 28.3 Å². The van der Waals surface area contributed by atoms with Gasteiger partial charge in [0, 0.05) is 18.0 Å². The molecule has 1 aromatic rings. The predicted octanol–water partition coefficient (Wildman–Crippen LogP) is 6.00. The Morgan fingerprint density at radius 2 is 1.52 bits per heavy atom. The molecule has 0 aliphatic carbocycles. The molecule has 130 valence electrons. The summed E-state index contributed by atoms with van der Waals surface area (Å²) in [5.41, 5.74) is 3.10. The van der Waals surface area contributed by atoms with Gasteiger partial charge in [-0.25, -0.2) is 0 Å². The van der Waals surface area contributed by atoms with E-state index < -0.39 is 7.26 Å². The molecule has 1 rings (SSSR count). The number of halogens is 1. The van der Waals surface area contributed by atoms with Crippen LogP contribution in [0, 0.1) is 19.8 Å². The zero-order valence-electron chi connectivity index (χ0n) is 15.7. The normalized spacial score (nSPS) is 13.3. The van der Waals surface area contributed by atoms with Crippen LogP contribution in [-0.4, -0.2) is 30.1 Å². The largest absolute Gasteiger partial charge is 0.322 e. The maximum atomic E-state index is 13.2. The Kier molecular flexibility index (Phi) is 7.55. The van der Waals surface area contributed by atoms with Crippen molar-refractivity contribution < 1.29 is 4.79 Å². The average Bonchev–Trinajstić information content (AvgIpc) is 2.47. The highest BCUT2D eigenvalue weighted by atomic mass is 35.5. The molecule has 0 heterocycles. The third kappa shape index (κ3) is 4.48. The summed E-state index contributed by atoms with van der Waals surface area (Å²) < 4.78 is 0. The number of carbonyl (C=O) groups excluding carboxylic acids is 1. The van der Waals surface area contributed by atoms with Crippen LogP contribution >= 0.6 is 18.9 Å². The van der Waals surface area contributed by atoms with Gasteiger partial charge < -0.3 is 5.32 Å². The minimum atomic E-state index is -1.28. The number of benzene rings is 1. The van der Waals surface area contributed by atoms with Gasteiger partial charge >= 0.3 is 0 Å². The Bertz CT molecular complexity index is 521. The number of anilines is 1. The SMILES string of the molecule is CC[P+](CC)(CC)C(C(=O)Nc1c(C)cc(Cl)cc1C)C(C)C. The minimum Gasteiger partial charge on any atom is -0.322 e. The minimum absolute atomic E-state index is 0.122. The fourth-order valence-electron chi connectivity index (χ4n) is 3.75. The number of carbonyl (C=O) groups is 1. The van der Waals surface area contributed by atoms with Crippen LogP contribution in [-0.2, 0) is 4.79 Å². The fraction of sp³-hybridized carbons (Fsp3) is 0.632. The fourth-order valence-corrected chi connectivity index (χ4v) is 8.43. The van der Waals surface area contributed by atoms with E-state index in [-0.39, 0.29) is 11.6 Å². The Balaban J connectivity index is 3.19. The Morgan fingerprint density at radius 1 is 1.09 bits per heavy atom. The van der Waals surface area contributed by atoms with Crippen molar-refractivity contribution in [3.8, 4) is 0 Å². The van der Waals surface area contributed by atoms with Gasteiger partial charge in [0.05, 0.1) is 18.5 Å². The van der Waals surface area contributed by atoms with E-state index in [1.165, 1.54) is 0 Å². The summed E-state index contributed by atoms with van der Waals surface area (Å²) in [5.74, 6) is 0.545. The molecule has 0 aliphatic rings. The van der Waals surface area contributed by atoms with Crippen LogP contribution in [0.25, 0.3) is 0 Å². The summed E-state index contributed by atoms with van der Waals surface area (Å²) in [6.45, 7) is 15.1. The molecule has 23 heavy (non-hydrogen) atoms. The lowest BCUT2D eigenvalue weighted by molar-refractivity contribution is -0.116. The van der Waals surface area contributed by atoms with Crippen LogP contribution in [0.4, 0.5) is 5.69 Å². The first-order valence-corrected chi connectivity index (χ1v) is 11.4. The molecule has 0 aliphatic heterocycles. The van der Waals surface area contributed by atoms with Gasteiger partial charge in [0.15, 0.2) is 0 Å². The molecular formula is C19H32ClNOP+. The van der Waals surface area contributed by atoms with Crippen LogP contribution in [0.1, 0.15) is 45.7 Å². The summed E-state index contributed by atoms with van der Waals surface area (Å²) in [7, 11) is -1.28. The van der Waals surface area contributed by atoms with Crippen molar-refractivity contribution >= 4 is 30.5 Å². The van der Waals surface area contributed by atoms with Gasteiger partial charge in [-0.1, -0.05) is 25.4 Å². The summed E-state index contributed by atoms with van der Waals surface area (Å²) in [5, 5.41) is 3.94. The summed E-state index contributed by atoms with van der Waals surface area (Å²) in [4.78, 5) is 13.2. The smallest absolute Gasteiger partial charge is 0.265 e. The summed E-state index contributed by atoms with van der Waals surface area (Å²) in [6.07, 6.45) is 3.40. The van der Waals surface area contributed by atoms with Crippen LogP contribution in [0.3, 0.4) is 0 Å². The third-order valence-corrected chi connectivity index (χ3v) is 11.1. The molecule has 1 atom stereocenters. The van der Waals surface area contributed by atoms with E-state index in [2.05, 4.69) is 39.9 Å². The van der Waals surface area contributed by atoms with Crippen LogP contribution < -0.4 is 5.32 Å². The zero-order valence-corrected chi connectivity index (χ0v) is 17.3. The molecule has 0 saturated carbocycles. The highest BCUT2D eigenvalue weighted by Gasteiger charge is 2.47. The lowest BCUT2D eigenvalue weighted by Gasteiger charge is -2.34. The van der Waals surface area contributed by atoms with Crippen molar-refractivity contribution in [1.82, 2.24) is 0 Å². The topological polar surface area (TPSA) is 29.1 Å². The molecule has 1 amide bonds. The lowest BCUT2D eigenvalue weighted by Crippen LogP contribution is -2.37. The number of hydrogen-bond acceptors (Lipinski definition) is 1. The second kappa shape index (κ2) is 8.49. The molecule has 0 spiro atoms. The van der Waals surface area contributed by atoms with Crippen LogP contribution in [0.15, 0.2) is 12.1 Å². The first-order valence-electron chi connectivity index (χ1n) is 8.65. The van der Waals surface area contributed by atoms with Crippen molar-refractivity contribution in [2.45, 2.75) is 54.1 Å². The number of amides is 1. The van der Waals surface area contributed by atoms with Crippen LogP contribution in [0.5, 0.6) is 0 Å². The first-order chi connectivity index (χ1) is 10.7. The molecule has 4 heteroatoms. The second-order valence-electron chi connectivity index (χ2n) is 6.76. The molecule has 0 aromatic heterocycles. The van der Waals surface area contributed by atoms with Gasteiger partial charge in [-0.15, -0.1) is 0 Å². The maximum Gasteiger partial charge on any atom is 0.265 e. The monoisotopic (exact) mass is 356 g/mol. The molecule has 1 aromatic carbocycles. The molecule has 0 bridgehead atoms. The van der Waals surface area contributed by atoms with E-state index in [0.29, 0.717) is 5.92 Å². The molecule has 1 N–H and O–H groups in total. The quantitative estimate of drug-likeness (QED) is 0.596. The number of hydrogen-bond donors (Lipinski definition) is 1. The van der Waals surface area contributed by atoms with E-state index in [1.54, 1.807) is 0 Å². The van der Waals surface area contributed by atoms with E-state index in [4.69, 9.17) is 11.6 Å². The molecule has 0 radical (unpaired) electrons. The van der Waals surface area contributed by atoms with Crippen LogP contribution in [0.2, 0.25) is 5.02 Å². The predicted molar refractivity (Wildman–Crippen MR) is 107 cm³/mol. The van der Waals surface area contributed by atoms with Gasteiger partial charge in [-0.3, -0.25) is 4.79 Å². The van der Waals surface area contributed by atoms with Crippen molar-refractivity contribution in [2.24, 2.45) is 5.92 Å². The molecular weight excluding hydrogens is 325 g/mol. The average molecular weight is 357 g/mol. The van der Waals surface area contributed by atoms with Crippen molar-refractivity contribution in [2.75, 3.05) is 23.8 Å². The summed E-state index contributed by atoms with van der Waals surface area (Å²) in [6, 6.07) is 3.83. The van der Waals surface area contributed by atoms with E-state index >= 15 is 0 Å². The van der Waals surface area contributed by atoms with Gasteiger partial charge in [0.25, 0.3) is 5.91 Å². The van der Waals surface area contributed by atoms with Gasteiger partial charge in [0.2, 0.25) is 0 Å². The highest BCUT2D eigenvalue weighted by molar-refractivity contribution is 7.77. The maximum absolute atomic E-state index is 13.2. The second-order valence-corrected chi connectivity index (χ2v) is 12.1. The summed E-state index contributed by atoms with van der Waals surface area (Å²) >= 11 is 6.10. The van der Waals surface area contributed by atoms with Crippen molar-refractivity contribution in [3.63, 3.8) is 0 Å². The van der Waals surface area contributed by atoms with Gasteiger partial charge in [-0.05, 0) is 63.8 Å². The van der Waals surface area contributed by atoms with Crippen molar-refractivity contribution in [1.29, 1.82) is 0 Å². The third-order valence-electron chi connectivity index (χ3n) is 5.13. The highest BCUT2D eigenvalue weighted by Crippen LogP contribution is 2.64. The molecule has 0 saturated heterocycles. The Hall–Kier alpha value is -0.590. The van der Waals surface area contributed by atoms with E-state index in [9.17, 15) is 4.79 Å². The number of nitrogens with one attached hydrogen (secondary N) is 1. The molecule has 2 nitrogen and oxygen atoms in total. The van der Waals surface area contributed by atoms with Gasteiger partial charge in [0.1, 0.15) is 5.66 Å². The molecule has 1 unspecified atom stereocenters. The standard InChI is InChI=1S/C19H31ClNOP/c1-8-23(9-2,10-3)18(13(4)5)19(22)21-17-14(6)11-16(20)12-15(17)7/h11-13,18H,8-10H2,1-7H3/p+1. The Morgan fingerprint density at radius 3 is 1.87 bits per heavy atom. The molecule has 0 fully saturated rings. The number of aryl methyl sites for hydroxylation is 2. The number of rotatable bonds is 7. The Labute approximate surface area is 147 Å². The zero-order chi connectivity index (χ0) is 17.8. The van der Waals surface area contributed by atoms with E-state index in [1.807, 2.05) is 26.0 Å². The van der Waals surface area contributed by atoms with E-state index in [0.717, 1.165) is 40.3 Å². The van der Waals surface area contributed by atoms with Gasteiger partial charge in [-0.2, -0.15) is 0 Å².